The van der Waals surface area contributed by atoms with Crippen molar-refractivity contribution in [2.75, 3.05) is 5.32 Å². The van der Waals surface area contributed by atoms with Crippen molar-refractivity contribution in [1.82, 2.24) is 0 Å². The first-order valence-electron chi connectivity index (χ1n) is 3.98. The van der Waals surface area contributed by atoms with Crippen LogP contribution >= 0.6 is 0 Å². The van der Waals surface area contributed by atoms with E-state index >= 15 is 0 Å². The second kappa shape index (κ2) is 2.99. The largest absolute Gasteiger partial charge is 0.378 e. The first-order valence-corrected chi connectivity index (χ1v) is 3.98. The fraction of sp³-hybridized carbons (Fsp3) is 0.125. The molecule has 0 radical (unpaired) electrons. The molecule has 78 valence electrons. The number of rotatable bonds is 1. The summed E-state index contributed by atoms with van der Waals surface area (Å²) in [6.45, 7) is 0. The van der Waals surface area contributed by atoms with E-state index in [0.717, 1.165) is 12.1 Å². The molecule has 1 unspecified atom stereocenters. The summed E-state index contributed by atoms with van der Waals surface area (Å²) < 4.78 is 13.1. The van der Waals surface area contributed by atoms with Gasteiger partial charge in [-0.05, 0) is 6.07 Å². The molecule has 0 spiro atoms. The van der Waals surface area contributed by atoms with Gasteiger partial charge in [0.25, 0.3) is 11.6 Å². The number of carbonyl (C=O) groups is 1. The van der Waals surface area contributed by atoms with Gasteiger partial charge in [-0.15, -0.1) is 0 Å². The van der Waals surface area contributed by atoms with Gasteiger partial charge in [-0.25, -0.2) is 4.39 Å². The number of aliphatic hydroxyl groups excluding tert-OH is 1. The summed E-state index contributed by atoms with van der Waals surface area (Å²) in [5, 5.41) is 21.9. The Morgan fingerprint density at radius 2 is 2.20 bits per heavy atom. The third-order valence-electron chi connectivity index (χ3n) is 2.14. The summed E-state index contributed by atoms with van der Waals surface area (Å²) in [4.78, 5) is 20.8. The third kappa shape index (κ3) is 1.24. The number of hydrogen-bond donors (Lipinski definition) is 2. The van der Waals surface area contributed by atoms with Crippen LogP contribution in [0.1, 0.15) is 11.7 Å². The molecular weight excluding hydrogens is 207 g/mol. The molecule has 0 aromatic heterocycles. The summed E-state index contributed by atoms with van der Waals surface area (Å²) in [6, 6.07) is 1.78. The quantitative estimate of drug-likeness (QED) is 0.529. The number of fused-ring (bicyclic) bond motifs is 1. The van der Waals surface area contributed by atoms with Crippen LogP contribution in [0.25, 0.3) is 0 Å². The molecule has 1 aromatic rings. The van der Waals surface area contributed by atoms with Crippen molar-refractivity contribution in [3.05, 3.63) is 33.6 Å². The van der Waals surface area contributed by atoms with Crippen LogP contribution in [0, 0.1) is 15.9 Å². The fourth-order valence-electron chi connectivity index (χ4n) is 1.47. The number of nitrogens with one attached hydrogen (secondary N) is 1. The Labute approximate surface area is 82.5 Å². The van der Waals surface area contributed by atoms with Gasteiger partial charge in [-0.1, -0.05) is 0 Å². The van der Waals surface area contributed by atoms with E-state index in [4.69, 9.17) is 0 Å². The number of benzene rings is 1. The van der Waals surface area contributed by atoms with E-state index in [9.17, 15) is 24.4 Å². The van der Waals surface area contributed by atoms with E-state index in [1.807, 2.05) is 5.32 Å². The number of halogens is 1. The molecule has 0 aliphatic carbocycles. The number of carbonyl (C=O) groups excluding carboxylic acids is 1. The number of nitrogens with zero attached hydrogens (tertiary/aromatic N) is 1. The van der Waals surface area contributed by atoms with Gasteiger partial charge in [-0.2, -0.15) is 0 Å². The van der Waals surface area contributed by atoms with Gasteiger partial charge in [0.2, 0.25) is 0 Å². The highest BCUT2D eigenvalue weighted by Crippen LogP contribution is 2.39. The Morgan fingerprint density at radius 3 is 2.80 bits per heavy atom. The maximum Gasteiger partial charge on any atom is 0.278 e. The second-order valence-corrected chi connectivity index (χ2v) is 3.00. The lowest BCUT2D eigenvalue weighted by molar-refractivity contribution is -0.385. The maximum absolute atomic E-state index is 13.1. The van der Waals surface area contributed by atoms with Crippen LogP contribution < -0.4 is 5.32 Å². The molecule has 0 saturated carbocycles. The first kappa shape index (κ1) is 9.53. The van der Waals surface area contributed by atoms with Gasteiger partial charge in [0.05, 0.1) is 16.2 Å². The summed E-state index contributed by atoms with van der Waals surface area (Å²) in [5.41, 5.74) is -1.11. The van der Waals surface area contributed by atoms with Crippen LogP contribution in [0.15, 0.2) is 12.1 Å². The first-order chi connectivity index (χ1) is 7.02. The smallest absolute Gasteiger partial charge is 0.278 e. The molecule has 0 saturated heterocycles. The van der Waals surface area contributed by atoms with E-state index in [2.05, 4.69) is 0 Å². The number of anilines is 1. The Bertz CT molecular complexity index is 474. The lowest BCUT2D eigenvalue weighted by Gasteiger charge is -2.02. The van der Waals surface area contributed by atoms with Crippen LogP contribution in [0.3, 0.4) is 0 Å². The number of nitro benzene ring substituents is 1. The Balaban J connectivity index is 2.71. The minimum absolute atomic E-state index is 0.315. The molecule has 15 heavy (non-hydrogen) atoms. The topological polar surface area (TPSA) is 92.5 Å². The van der Waals surface area contributed by atoms with E-state index in [0.29, 0.717) is 0 Å². The second-order valence-electron chi connectivity index (χ2n) is 3.00. The van der Waals surface area contributed by atoms with Crippen LogP contribution in [-0.4, -0.2) is 15.9 Å². The standard InChI is InChI=1S/C8H5FN2O4/c9-3-1-2-4(11(14)15)5-6(3)10-8(13)7(5)12/h1-2,7,12H,(H,10,13). The van der Waals surface area contributed by atoms with Crippen molar-refractivity contribution in [3.8, 4) is 0 Å². The molecule has 1 heterocycles. The van der Waals surface area contributed by atoms with Crippen molar-refractivity contribution in [2.24, 2.45) is 0 Å². The summed E-state index contributed by atoms with van der Waals surface area (Å²) in [7, 11) is 0. The van der Waals surface area contributed by atoms with Gasteiger partial charge in [0, 0.05) is 6.07 Å². The highest BCUT2D eigenvalue weighted by molar-refractivity contribution is 6.03. The third-order valence-corrected chi connectivity index (χ3v) is 2.14. The average Bonchev–Trinajstić information content (AvgIpc) is 2.46. The Morgan fingerprint density at radius 1 is 1.53 bits per heavy atom. The maximum atomic E-state index is 13.1. The van der Waals surface area contributed by atoms with Crippen molar-refractivity contribution >= 4 is 17.3 Å². The SMILES string of the molecule is O=C1Nc2c(F)ccc([N+](=O)[O-])c2C1O. The molecule has 0 fully saturated rings. The zero-order valence-electron chi connectivity index (χ0n) is 7.23. The summed E-state index contributed by atoms with van der Waals surface area (Å²) in [5.74, 6) is -1.67. The van der Waals surface area contributed by atoms with Crippen molar-refractivity contribution in [1.29, 1.82) is 0 Å². The van der Waals surface area contributed by atoms with Gasteiger partial charge in [0.15, 0.2) is 6.10 Å². The highest BCUT2D eigenvalue weighted by Gasteiger charge is 2.37. The van der Waals surface area contributed by atoms with Crippen molar-refractivity contribution in [2.45, 2.75) is 6.10 Å². The number of aliphatic hydroxyl groups is 1. The predicted molar refractivity (Wildman–Crippen MR) is 46.6 cm³/mol. The normalized spacial score (nSPS) is 18.5. The van der Waals surface area contributed by atoms with Crippen molar-refractivity contribution in [3.63, 3.8) is 0 Å². The Hall–Kier alpha value is -2.02. The van der Waals surface area contributed by atoms with E-state index < -0.39 is 28.4 Å². The fourth-order valence-corrected chi connectivity index (χ4v) is 1.47. The van der Waals surface area contributed by atoms with E-state index in [1.54, 1.807) is 0 Å². The number of nitro groups is 1. The van der Waals surface area contributed by atoms with Gasteiger partial charge in [-0.3, -0.25) is 14.9 Å². The molecule has 1 aromatic carbocycles. The molecular formula is C8H5FN2O4. The lowest BCUT2D eigenvalue weighted by Crippen LogP contribution is -2.11. The lowest BCUT2D eigenvalue weighted by atomic mass is 10.1. The molecule has 2 N–H and O–H groups in total. The summed E-state index contributed by atoms with van der Waals surface area (Å²) in [6.07, 6.45) is -1.68. The van der Waals surface area contributed by atoms with Gasteiger partial charge >= 0.3 is 0 Å². The minimum atomic E-state index is -1.68. The van der Waals surface area contributed by atoms with E-state index in [1.165, 1.54) is 0 Å². The summed E-state index contributed by atoms with van der Waals surface area (Å²) >= 11 is 0. The van der Waals surface area contributed by atoms with Gasteiger partial charge in [0.1, 0.15) is 5.82 Å². The van der Waals surface area contributed by atoms with Crippen LogP contribution in [0.4, 0.5) is 15.8 Å². The molecule has 2 rings (SSSR count). The molecule has 1 amide bonds. The average molecular weight is 212 g/mol. The number of hydrogen-bond acceptors (Lipinski definition) is 4. The Kier molecular flexibility index (Phi) is 1.90. The molecule has 0 bridgehead atoms. The van der Waals surface area contributed by atoms with Crippen molar-refractivity contribution < 1.29 is 19.2 Å². The molecule has 1 aliphatic heterocycles. The molecule has 1 atom stereocenters. The molecule has 7 heteroatoms. The van der Waals surface area contributed by atoms with Crippen LogP contribution in [0.2, 0.25) is 0 Å². The zero-order chi connectivity index (χ0) is 11.2. The minimum Gasteiger partial charge on any atom is -0.378 e. The van der Waals surface area contributed by atoms with Gasteiger partial charge < -0.3 is 10.4 Å². The van der Waals surface area contributed by atoms with Crippen LogP contribution in [-0.2, 0) is 4.79 Å². The number of amides is 1. The van der Waals surface area contributed by atoms with Crippen LogP contribution in [0.5, 0.6) is 0 Å². The molecule has 6 nitrogen and oxygen atoms in total. The predicted octanol–water partition coefficient (Wildman–Crippen LogP) is 0.719. The zero-order valence-corrected chi connectivity index (χ0v) is 7.23. The van der Waals surface area contributed by atoms with E-state index in [-0.39, 0.29) is 11.3 Å². The monoisotopic (exact) mass is 212 g/mol. The highest BCUT2D eigenvalue weighted by atomic mass is 19.1. The molecule has 1 aliphatic rings.